The van der Waals surface area contributed by atoms with Gasteiger partial charge in [-0.15, -0.1) is 0 Å². The van der Waals surface area contributed by atoms with Gasteiger partial charge in [0.05, 0.1) is 18.2 Å². The lowest BCUT2D eigenvalue weighted by atomic mass is 10.0. The van der Waals surface area contributed by atoms with E-state index >= 15 is 0 Å². The standard InChI is InChI=1S/C16H15NO/c1-18-11-10-13-2-6-15(7-3-13)16-8-4-14(12-17)5-9-16/h2-9H,10-11H2,1H3. The van der Waals surface area contributed by atoms with Crippen molar-refractivity contribution in [2.24, 2.45) is 0 Å². The molecule has 0 saturated carbocycles. The maximum atomic E-state index is 8.76. The smallest absolute Gasteiger partial charge is 0.0991 e. The van der Waals surface area contributed by atoms with Crippen LogP contribution in [0.15, 0.2) is 48.5 Å². The van der Waals surface area contributed by atoms with Crippen LogP contribution in [0.1, 0.15) is 11.1 Å². The fourth-order valence-electron chi connectivity index (χ4n) is 1.82. The van der Waals surface area contributed by atoms with E-state index in [1.807, 2.05) is 24.3 Å². The third-order valence-corrected chi connectivity index (χ3v) is 2.90. The van der Waals surface area contributed by atoms with Crippen molar-refractivity contribution in [2.75, 3.05) is 13.7 Å². The quantitative estimate of drug-likeness (QED) is 0.816. The Morgan fingerprint density at radius 1 is 0.944 bits per heavy atom. The molecule has 0 heterocycles. The summed E-state index contributed by atoms with van der Waals surface area (Å²) in [6.07, 6.45) is 0.935. The van der Waals surface area contributed by atoms with Crippen LogP contribution in [0.25, 0.3) is 11.1 Å². The minimum Gasteiger partial charge on any atom is -0.384 e. The zero-order valence-corrected chi connectivity index (χ0v) is 10.4. The van der Waals surface area contributed by atoms with Crippen molar-refractivity contribution >= 4 is 0 Å². The predicted molar refractivity (Wildman–Crippen MR) is 72.2 cm³/mol. The normalized spacial score (nSPS) is 10.0. The van der Waals surface area contributed by atoms with Crippen LogP contribution in [0.2, 0.25) is 0 Å². The molecule has 18 heavy (non-hydrogen) atoms. The Morgan fingerprint density at radius 3 is 2.00 bits per heavy atom. The molecule has 90 valence electrons. The van der Waals surface area contributed by atoms with Gasteiger partial charge in [0.1, 0.15) is 0 Å². The number of hydrogen-bond donors (Lipinski definition) is 0. The molecule has 0 amide bonds. The summed E-state index contributed by atoms with van der Waals surface area (Å²) in [4.78, 5) is 0. The number of benzene rings is 2. The van der Waals surface area contributed by atoms with E-state index < -0.39 is 0 Å². The van der Waals surface area contributed by atoms with E-state index in [0.717, 1.165) is 18.6 Å². The van der Waals surface area contributed by atoms with Crippen LogP contribution in [-0.4, -0.2) is 13.7 Å². The fourth-order valence-corrected chi connectivity index (χ4v) is 1.82. The van der Waals surface area contributed by atoms with E-state index in [9.17, 15) is 0 Å². The van der Waals surface area contributed by atoms with E-state index in [4.69, 9.17) is 10.00 Å². The molecule has 0 bridgehead atoms. The molecule has 0 radical (unpaired) electrons. The fraction of sp³-hybridized carbons (Fsp3) is 0.188. The van der Waals surface area contributed by atoms with Gasteiger partial charge >= 0.3 is 0 Å². The molecule has 2 aromatic rings. The highest BCUT2D eigenvalue weighted by Gasteiger charge is 1.98. The first kappa shape index (κ1) is 12.3. The molecule has 0 fully saturated rings. The Morgan fingerprint density at radius 2 is 1.50 bits per heavy atom. The minimum absolute atomic E-state index is 0.690. The lowest BCUT2D eigenvalue weighted by molar-refractivity contribution is 0.202. The summed E-state index contributed by atoms with van der Waals surface area (Å²) in [6.45, 7) is 0.746. The van der Waals surface area contributed by atoms with Gasteiger partial charge in [-0.3, -0.25) is 0 Å². The second kappa shape index (κ2) is 6.00. The molecule has 0 saturated heterocycles. The van der Waals surface area contributed by atoms with Crippen LogP contribution in [0.5, 0.6) is 0 Å². The van der Waals surface area contributed by atoms with Gasteiger partial charge in [-0.2, -0.15) is 5.26 Å². The van der Waals surface area contributed by atoms with Crippen molar-refractivity contribution in [1.82, 2.24) is 0 Å². The summed E-state index contributed by atoms with van der Waals surface area (Å²) in [5.74, 6) is 0. The van der Waals surface area contributed by atoms with Crippen LogP contribution in [0.3, 0.4) is 0 Å². The minimum atomic E-state index is 0.690. The lowest BCUT2D eigenvalue weighted by Crippen LogP contribution is -1.93. The molecule has 0 aliphatic heterocycles. The van der Waals surface area contributed by atoms with Crippen molar-refractivity contribution in [1.29, 1.82) is 5.26 Å². The molecule has 0 N–H and O–H groups in total. The highest BCUT2D eigenvalue weighted by atomic mass is 16.5. The van der Waals surface area contributed by atoms with Crippen molar-refractivity contribution in [3.63, 3.8) is 0 Å². The molecule has 2 nitrogen and oxygen atoms in total. The van der Waals surface area contributed by atoms with Crippen LogP contribution in [0, 0.1) is 11.3 Å². The lowest BCUT2D eigenvalue weighted by Gasteiger charge is -2.04. The molecule has 0 aliphatic carbocycles. The molecule has 0 aromatic heterocycles. The average Bonchev–Trinajstić information content (AvgIpc) is 2.46. The number of nitrogens with zero attached hydrogens (tertiary/aromatic N) is 1. The average molecular weight is 237 g/mol. The molecule has 2 aromatic carbocycles. The van der Waals surface area contributed by atoms with Gasteiger partial charge < -0.3 is 4.74 Å². The third-order valence-electron chi connectivity index (χ3n) is 2.90. The maximum Gasteiger partial charge on any atom is 0.0991 e. The molecule has 0 spiro atoms. The summed E-state index contributed by atoms with van der Waals surface area (Å²) in [5, 5.41) is 8.76. The van der Waals surface area contributed by atoms with E-state index in [2.05, 4.69) is 30.3 Å². The molecule has 2 heteroatoms. The molecule has 0 unspecified atom stereocenters. The molecule has 0 atom stereocenters. The van der Waals surface area contributed by atoms with Gasteiger partial charge in [0.2, 0.25) is 0 Å². The third kappa shape index (κ3) is 2.97. The van der Waals surface area contributed by atoms with E-state index in [1.54, 1.807) is 7.11 Å². The van der Waals surface area contributed by atoms with Crippen molar-refractivity contribution < 1.29 is 4.74 Å². The number of methoxy groups -OCH3 is 1. The number of rotatable bonds is 4. The first-order chi connectivity index (χ1) is 8.83. The Labute approximate surface area is 107 Å². The van der Waals surface area contributed by atoms with Crippen LogP contribution in [0.4, 0.5) is 0 Å². The Hall–Kier alpha value is -2.11. The molecule has 2 rings (SSSR count). The first-order valence-corrected chi connectivity index (χ1v) is 5.92. The summed E-state index contributed by atoms with van der Waals surface area (Å²) in [7, 11) is 1.71. The maximum absolute atomic E-state index is 8.76. The van der Waals surface area contributed by atoms with Crippen LogP contribution >= 0.6 is 0 Å². The van der Waals surface area contributed by atoms with Gasteiger partial charge in [0, 0.05) is 7.11 Å². The van der Waals surface area contributed by atoms with Gasteiger partial charge in [-0.1, -0.05) is 36.4 Å². The highest BCUT2D eigenvalue weighted by molar-refractivity contribution is 5.64. The highest BCUT2D eigenvalue weighted by Crippen LogP contribution is 2.20. The van der Waals surface area contributed by atoms with Crippen molar-refractivity contribution in [3.8, 4) is 17.2 Å². The Kier molecular flexibility index (Phi) is 4.11. The van der Waals surface area contributed by atoms with Crippen LogP contribution < -0.4 is 0 Å². The summed E-state index contributed by atoms with van der Waals surface area (Å²) >= 11 is 0. The summed E-state index contributed by atoms with van der Waals surface area (Å²) < 4.78 is 5.06. The molecule has 0 aliphatic rings. The number of nitriles is 1. The monoisotopic (exact) mass is 237 g/mol. The van der Waals surface area contributed by atoms with Gasteiger partial charge in [0.25, 0.3) is 0 Å². The largest absolute Gasteiger partial charge is 0.384 e. The van der Waals surface area contributed by atoms with Gasteiger partial charge in [-0.05, 0) is 35.2 Å². The number of ether oxygens (including phenoxy) is 1. The summed E-state index contributed by atoms with van der Waals surface area (Å²) in [6, 6.07) is 18.2. The second-order valence-electron chi connectivity index (χ2n) is 4.13. The van der Waals surface area contributed by atoms with Gasteiger partial charge in [-0.25, -0.2) is 0 Å². The van der Waals surface area contributed by atoms with Crippen LogP contribution in [-0.2, 0) is 11.2 Å². The van der Waals surface area contributed by atoms with E-state index in [1.165, 1.54) is 11.1 Å². The predicted octanol–water partition coefficient (Wildman–Crippen LogP) is 3.41. The Balaban J connectivity index is 2.15. The topological polar surface area (TPSA) is 33.0 Å². The van der Waals surface area contributed by atoms with Crippen molar-refractivity contribution in [2.45, 2.75) is 6.42 Å². The zero-order valence-electron chi connectivity index (χ0n) is 10.4. The zero-order chi connectivity index (χ0) is 12.8. The first-order valence-electron chi connectivity index (χ1n) is 5.92. The van der Waals surface area contributed by atoms with E-state index in [-0.39, 0.29) is 0 Å². The molecular weight excluding hydrogens is 222 g/mol. The SMILES string of the molecule is COCCc1ccc(-c2ccc(C#N)cc2)cc1. The second-order valence-corrected chi connectivity index (χ2v) is 4.13. The van der Waals surface area contributed by atoms with E-state index in [0.29, 0.717) is 5.56 Å². The van der Waals surface area contributed by atoms with Crippen molar-refractivity contribution in [3.05, 3.63) is 59.7 Å². The number of hydrogen-bond acceptors (Lipinski definition) is 2. The Bertz CT molecular complexity index is 535. The summed E-state index contributed by atoms with van der Waals surface area (Å²) in [5.41, 5.74) is 4.26. The molecular formula is C16H15NO. The van der Waals surface area contributed by atoms with Gasteiger partial charge in [0.15, 0.2) is 0 Å².